The summed E-state index contributed by atoms with van der Waals surface area (Å²) in [5.41, 5.74) is 1.67. The number of aryl methyl sites for hydroxylation is 1. The first kappa shape index (κ1) is 13.9. The fourth-order valence-corrected chi connectivity index (χ4v) is 1.13. The van der Waals surface area contributed by atoms with E-state index in [0.29, 0.717) is 0 Å². The molecule has 1 heterocycles. The second kappa shape index (κ2) is 5.03. The summed E-state index contributed by atoms with van der Waals surface area (Å²) < 4.78 is 6.33. The summed E-state index contributed by atoms with van der Waals surface area (Å²) in [4.78, 5) is 27.1. The Kier molecular flexibility index (Phi) is 3.89. The summed E-state index contributed by atoms with van der Waals surface area (Å²) >= 11 is 0. The molecule has 0 radical (unpaired) electrons. The van der Waals surface area contributed by atoms with E-state index in [1.165, 1.54) is 18.1 Å². The van der Waals surface area contributed by atoms with E-state index in [9.17, 15) is 9.59 Å². The van der Waals surface area contributed by atoms with Gasteiger partial charge in [0.15, 0.2) is 0 Å². The van der Waals surface area contributed by atoms with E-state index in [4.69, 9.17) is 4.74 Å². The molecule has 100 valence electrons. The highest BCUT2D eigenvalue weighted by atomic mass is 16.6. The van der Waals surface area contributed by atoms with E-state index in [-0.39, 0.29) is 5.82 Å². The maximum Gasteiger partial charge on any atom is 0.426 e. The fraction of sp³-hybridized carbons (Fsp3) is 0.600. The van der Waals surface area contributed by atoms with Crippen molar-refractivity contribution in [2.24, 2.45) is 7.05 Å². The fourth-order valence-electron chi connectivity index (χ4n) is 1.13. The highest BCUT2D eigenvalue weighted by Crippen LogP contribution is 2.06. The van der Waals surface area contributed by atoms with Crippen LogP contribution < -0.4 is 5.43 Å². The summed E-state index contributed by atoms with van der Waals surface area (Å²) in [7, 11) is 2.99. The summed E-state index contributed by atoms with van der Waals surface area (Å²) in [6, 6.07) is 0. The van der Waals surface area contributed by atoms with Crippen LogP contribution >= 0.6 is 0 Å². The van der Waals surface area contributed by atoms with Gasteiger partial charge in [-0.05, 0) is 20.8 Å². The SMILES string of the molecule is CN(NC(=O)OC(C)(C)C)C(=O)c1ncnn1C. The van der Waals surface area contributed by atoms with Crippen molar-refractivity contribution in [1.29, 1.82) is 0 Å². The average molecular weight is 255 g/mol. The largest absolute Gasteiger partial charge is 0.443 e. The minimum atomic E-state index is -0.708. The number of nitrogens with zero attached hydrogens (tertiary/aromatic N) is 4. The quantitative estimate of drug-likeness (QED) is 0.730. The van der Waals surface area contributed by atoms with Gasteiger partial charge in [0, 0.05) is 14.1 Å². The standard InChI is InChI=1S/C10H17N5O3/c1-10(2,3)18-9(17)13-15(5)8(16)7-11-6-12-14(7)4/h6H,1-5H3,(H,13,17). The predicted molar refractivity (Wildman–Crippen MR) is 62.5 cm³/mol. The molecule has 0 fully saturated rings. The van der Waals surface area contributed by atoms with Gasteiger partial charge in [-0.3, -0.25) is 4.79 Å². The number of nitrogens with one attached hydrogen (secondary N) is 1. The molecule has 1 aromatic heterocycles. The molecule has 0 aliphatic heterocycles. The molecule has 0 aliphatic rings. The number of ether oxygens (including phenoxy) is 1. The van der Waals surface area contributed by atoms with Crippen LogP contribution in [-0.4, -0.2) is 44.4 Å². The maximum absolute atomic E-state index is 11.9. The first-order valence-electron chi connectivity index (χ1n) is 5.32. The normalized spacial score (nSPS) is 10.9. The van der Waals surface area contributed by atoms with Crippen LogP contribution in [0.4, 0.5) is 4.79 Å². The van der Waals surface area contributed by atoms with Gasteiger partial charge in [-0.1, -0.05) is 0 Å². The van der Waals surface area contributed by atoms with E-state index in [1.807, 2.05) is 0 Å². The van der Waals surface area contributed by atoms with Gasteiger partial charge in [0.25, 0.3) is 0 Å². The summed E-state index contributed by atoms with van der Waals surface area (Å²) in [5, 5.41) is 4.77. The van der Waals surface area contributed by atoms with Crippen molar-refractivity contribution in [2.75, 3.05) is 7.05 Å². The van der Waals surface area contributed by atoms with Crippen molar-refractivity contribution in [1.82, 2.24) is 25.2 Å². The lowest BCUT2D eigenvalue weighted by Gasteiger charge is -2.23. The number of carbonyl (C=O) groups excluding carboxylic acids is 2. The molecule has 8 heteroatoms. The van der Waals surface area contributed by atoms with Crippen LogP contribution in [0.1, 0.15) is 31.4 Å². The van der Waals surface area contributed by atoms with Crippen LogP contribution in [0, 0.1) is 0 Å². The molecule has 8 nitrogen and oxygen atoms in total. The van der Waals surface area contributed by atoms with Crippen LogP contribution in [0.2, 0.25) is 0 Å². The van der Waals surface area contributed by atoms with Gasteiger partial charge in [0.05, 0.1) is 0 Å². The van der Waals surface area contributed by atoms with Crippen molar-refractivity contribution < 1.29 is 14.3 Å². The first-order valence-corrected chi connectivity index (χ1v) is 5.32. The van der Waals surface area contributed by atoms with E-state index >= 15 is 0 Å². The van der Waals surface area contributed by atoms with Crippen molar-refractivity contribution in [3.63, 3.8) is 0 Å². The first-order chi connectivity index (χ1) is 8.20. The van der Waals surface area contributed by atoms with Gasteiger partial charge in [-0.2, -0.15) is 5.10 Å². The molecule has 1 rings (SSSR count). The van der Waals surface area contributed by atoms with Crippen LogP contribution in [0.25, 0.3) is 0 Å². The molecule has 0 spiro atoms. The predicted octanol–water partition coefficient (Wildman–Crippen LogP) is 0.327. The molecule has 0 bridgehead atoms. The zero-order valence-electron chi connectivity index (χ0n) is 11.1. The smallest absolute Gasteiger partial charge is 0.426 e. The number of hydrogen-bond acceptors (Lipinski definition) is 5. The molecule has 2 amide bonds. The van der Waals surface area contributed by atoms with Gasteiger partial charge >= 0.3 is 12.0 Å². The van der Waals surface area contributed by atoms with E-state index in [2.05, 4.69) is 15.5 Å². The third-order valence-electron chi connectivity index (χ3n) is 1.87. The van der Waals surface area contributed by atoms with Crippen molar-refractivity contribution in [2.45, 2.75) is 26.4 Å². The number of rotatable bonds is 1. The Morgan fingerprint density at radius 1 is 1.44 bits per heavy atom. The molecule has 1 aromatic rings. The monoisotopic (exact) mass is 255 g/mol. The van der Waals surface area contributed by atoms with Crippen LogP contribution in [0.5, 0.6) is 0 Å². The minimum absolute atomic E-state index is 0.119. The highest BCUT2D eigenvalue weighted by molar-refractivity contribution is 5.91. The molecule has 1 N–H and O–H groups in total. The topological polar surface area (TPSA) is 89.3 Å². The number of aromatic nitrogens is 3. The highest BCUT2D eigenvalue weighted by Gasteiger charge is 2.22. The maximum atomic E-state index is 11.9. The van der Waals surface area contributed by atoms with Gasteiger partial charge in [0.2, 0.25) is 5.82 Å². The van der Waals surface area contributed by atoms with Crippen molar-refractivity contribution in [3.05, 3.63) is 12.2 Å². The van der Waals surface area contributed by atoms with Crippen LogP contribution in [0.15, 0.2) is 6.33 Å². The van der Waals surface area contributed by atoms with Crippen LogP contribution in [0.3, 0.4) is 0 Å². The average Bonchev–Trinajstić information content (AvgIpc) is 2.60. The zero-order chi connectivity index (χ0) is 13.9. The summed E-state index contributed by atoms with van der Waals surface area (Å²) in [5.74, 6) is -0.366. The van der Waals surface area contributed by atoms with Crippen LogP contribution in [-0.2, 0) is 11.8 Å². The molecule has 0 atom stereocenters. The Hall–Kier alpha value is -2.12. The molecule has 0 saturated carbocycles. The zero-order valence-corrected chi connectivity index (χ0v) is 11.1. The van der Waals surface area contributed by atoms with Crippen molar-refractivity contribution in [3.8, 4) is 0 Å². The Labute approximate surface area is 105 Å². The molecular formula is C10H17N5O3. The number of carbonyl (C=O) groups is 2. The Morgan fingerprint density at radius 2 is 2.06 bits per heavy atom. The lowest BCUT2D eigenvalue weighted by molar-refractivity contribution is 0.0329. The summed E-state index contributed by atoms with van der Waals surface area (Å²) in [6.45, 7) is 5.20. The lowest BCUT2D eigenvalue weighted by Crippen LogP contribution is -2.46. The molecule has 18 heavy (non-hydrogen) atoms. The van der Waals surface area contributed by atoms with Gasteiger partial charge in [0.1, 0.15) is 11.9 Å². The second-order valence-electron chi connectivity index (χ2n) is 4.69. The molecule has 0 unspecified atom stereocenters. The number of hydrogen-bond donors (Lipinski definition) is 1. The Bertz CT molecular complexity index is 449. The third kappa shape index (κ3) is 3.72. The number of hydrazine groups is 1. The second-order valence-corrected chi connectivity index (χ2v) is 4.69. The van der Waals surface area contributed by atoms with E-state index in [1.54, 1.807) is 27.8 Å². The minimum Gasteiger partial charge on any atom is -0.443 e. The van der Waals surface area contributed by atoms with E-state index in [0.717, 1.165) is 5.01 Å². The van der Waals surface area contributed by atoms with Gasteiger partial charge < -0.3 is 4.74 Å². The lowest BCUT2D eigenvalue weighted by atomic mass is 10.2. The Morgan fingerprint density at radius 3 is 2.50 bits per heavy atom. The van der Waals surface area contributed by atoms with E-state index < -0.39 is 17.6 Å². The molecule has 0 saturated heterocycles. The van der Waals surface area contributed by atoms with Gasteiger partial charge in [-0.25, -0.2) is 24.9 Å². The Balaban J connectivity index is 2.61. The van der Waals surface area contributed by atoms with Crippen molar-refractivity contribution >= 4 is 12.0 Å². The van der Waals surface area contributed by atoms with Gasteiger partial charge in [-0.15, -0.1) is 0 Å². The third-order valence-corrected chi connectivity index (χ3v) is 1.87. The molecular weight excluding hydrogens is 238 g/mol. The number of amides is 2. The molecule has 0 aliphatic carbocycles. The summed E-state index contributed by atoms with van der Waals surface area (Å²) in [6.07, 6.45) is 0.551. The molecule has 0 aromatic carbocycles.